The van der Waals surface area contributed by atoms with Crippen molar-refractivity contribution >= 4 is 5.91 Å². The highest BCUT2D eigenvalue weighted by Gasteiger charge is 2.26. The van der Waals surface area contributed by atoms with Crippen molar-refractivity contribution in [3.8, 4) is 11.3 Å². The maximum atomic E-state index is 11.8. The first-order valence-electron chi connectivity index (χ1n) is 6.21. The molecule has 3 heterocycles. The fraction of sp³-hybridized carbons (Fsp3) is 0.286. The van der Waals surface area contributed by atoms with E-state index in [9.17, 15) is 4.79 Å². The average molecular weight is 241 g/mol. The Morgan fingerprint density at radius 3 is 2.89 bits per heavy atom. The molecule has 0 radical (unpaired) electrons. The summed E-state index contributed by atoms with van der Waals surface area (Å²) < 4.78 is 0. The molecule has 4 heteroatoms. The summed E-state index contributed by atoms with van der Waals surface area (Å²) in [5, 5.41) is 2.93. The summed E-state index contributed by atoms with van der Waals surface area (Å²) in [6.45, 7) is 2.86. The van der Waals surface area contributed by atoms with Gasteiger partial charge < -0.3 is 10.3 Å². The average Bonchev–Trinajstić information content (AvgIpc) is 2.86. The molecule has 1 aliphatic heterocycles. The van der Waals surface area contributed by atoms with Crippen LogP contribution < -0.4 is 5.32 Å². The Morgan fingerprint density at radius 2 is 2.17 bits per heavy atom. The van der Waals surface area contributed by atoms with Crippen LogP contribution in [-0.4, -0.2) is 22.4 Å². The molecule has 0 aliphatic carbocycles. The molecule has 1 atom stereocenters. The van der Waals surface area contributed by atoms with Gasteiger partial charge in [0, 0.05) is 41.8 Å². The minimum Gasteiger partial charge on any atom is -0.357 e. The molecular weight excluding hydrogens is 226 g/mol. The van der Waals surface area contributed by atoms with Crippen molar-refractivity contribution in [1.29, 1.82) is 0 Å². The summed E-state index contributed by atoms with van der Waals surface area (Å²) in [6, 6.07) is 5.81. The van der Waals surface area contributed by atoms with Crippen LogP contribution in [-0.2, 0) is 0 Å². The maximum absolute atomic E-state index is 11.8. The Balaban J connectivity index is 2.08. The van der Waals surface area contributed by atoms with Gasteiger partial charge in [0.05, 0.1) is 5.56 Å². The number of nitrogens with zero attached hydrogens (tertiary/aromatic N) is 1. The summed E-state index contributed by atoms with van der Waals surface area (Å²) in [7, 11) is 0. The molecule has 18 heavy (non-hydrogen) atoms. The van der Waals surface area contributed by atoms with Gasteiger partial charge in [-0.1, -0.05) is 6.92 Å². The molecule has 0 aromatic carbocycles. The SMILES string of the molecule is CCC1CNC(=O)c2cc(-c3ccncc3)[nH]c21. The van der Waals surface area contributed by atoms with Crippen LogP contribution in [0.15, 0.2) is 30.6 Å². The topological polar surface area (TPSA) is 57.8 Å². The van der Waals surface area contributed by atoms with Crippen molar-refractivity contribution in [3.63, 3.8) is 0 Å². The number of H-pyrrole nitrogens is 1. The number of pyridine rings is 1. The quantitative estimate of drug-likeness (QED) is 0.847. The second kappa shape index (κ2) is 4.29. The number of nitrogens with one attached hydrogen (secondary N) is 2. The number of hydrogen-bond donors (Lipinski definition) is 2. The molecule has 2 N–H and O–H groups in total. The zero-order valence-electron chi connectivity index (χ0n) is 10.2. The van der Waals surface area contributed by atoms with E-state index in [-0.39, 0.29) is 5.91 Å². The third kappa shape index (κ3) is 1.70. The minimum absolute atomic E-state index is 0.0197. The van der Waals surface area contributed by atoms with Gasteiger partial charge in [0.1, 0.15) is 0 Å². The smallest absolute Gasteiger partial charge is 0.253 e. The Labute approximate surface area is 105 Å². The number of amides is 1. The van der Waals surface area contributed by atoms with E-state index in [4.69, 9.17) is 0 Å². The van der Waals surface area contributed by atoms with E-state index in [1.54, 1.807) is 12.4 Å². The number of hydrogen-bond acceptors (Lipinski definition) is 2. The van der Waals surface area contributed by atoms with E-state index in [2.05, 4.69) is 22.2 Å². The molecule has 0 saturated carbocycles. The highest BCUT2D eigenvalue weighted by Crippen LogP contribution is 2.30. The van der Waals surface area contributed by atoms with Crippen LogP contribution in [0.3, 0.4) is 0 Å². The number of aromatic amines is 1. The van der Waals surface area contributed by atoms with Crippen LogP contribution in [0, 0.1) is 0 Å². The molecule has 0 saturated heterocycles. The highest BCUT2D eigenvalue weighted by atomic mass is 16.1. The van der Waals surface area contributed by atoms with Gasteiger partial charge in [-0.3, -0.25) is 9.78 Å². The van der Waals surface area contributed by atoms with Crippen molar-refractivity contribution < 1.29 is 4.79 Å². The van der Waals surface area contributed by atoms with E-state index < -0.39 is 0 Å². The first-order valence-corrected chi connectivity index (χ1v) is 6.21. The lowest BCUT2D eigenvalue weighted by Crippen LogP contribution is -2.34. The number of carbonyl (C=O) groups excluding carboxylic acids is 1. The fourth-order valence-electron chi connectivity index (χ4n) is 2.43. The summed E-state index contributed by atoms with van der Waals surface area (Å²) in [5.74, 6) is 0.402. The highest BCUT2D eigenvalue weighted by molar-refractivity contribution is 5.98. The monoisotopic (exact) mass is 241 g/mol. The number of fused-ring (bicyclic) bond motifs is 1. The number of aromatic nitrogens is 2. The molecule has 2 aromatic heterocycles. The summed E-state index contributed by atoms with van der Waals surface area (Å²) in [4.78, 5) is 19.2. The van der Waals surface area contributed by atoms with E-state index in [0.717, 1.165) is 35.5 Å². The summed E-state index contributed by atoms with van der Waals surface area (Å²) in [6.07, 6.45) is 4.53. The predicted octanol–water partition coefficient (Wildman–Crippen LogP) is 2.31. The lowest BCUT2D eigenvalue weighted by atomic mass is 9.95. The van der Waals surface area contributed by atoms with Crippen LogP contribution in [0.2, 0.25) is 0 Å². The Hall–Kier alpha value is -2.10. The fourth-order valence-corrected chi connectivity index (χ4v) is 2.43. The van der Waals surface area contributed by atoms with E-state index in [0.29, 0.717) is 5.92 Å². The summed E-state index contributed by atoms with van der Waals surface area (Å²) in [5.41, 5.74) is 3.88. The molecular formula is C14H15N3O. The molecule has 4 nitrogen and oxygen atoms in total. The van der Waals surface area contributed by atoms with Crippen LogP contribution >= 0.6 is 0 Å². The van der Waals surface area contributed by atoms with Crippen LogP contribution in [0.1, 0.15) is 35.3 Å². The minimum atomic E-state index is 0.0197. The maximum Gasteiger partial charge on any atom is 0.253 e. The van der Waals surface area contributed by atoms with Gasteiger partial charge in [0.15, 0.2) is 0 Å². The zero-order chi connectivity index (χ0) is 12.5. The molecule has 3 rings (SSSR count). The second-order valence-electron chi connectivity index (χ2n) is 4.56. The van der Waals surface area contributed by atoms with E-state index in [1.807, 2.05) is 18.2 Å². The van der Waals surface area contributed by atoms with Crippen molar-refractivity contribution in [1.82, 2.24) is 15.3 Å². The van der Waals surface area contributed by atoms with Gasteiger partial charge in [-0.15, -0.1) is 0 Å². The predicted molar refractivity (Wildman–Crippen MR) is 69.4 cm³/mol. The largest absolute Gasteiger partial charge is 0.357 e. The van der Waals surface area contributed by atoms with Gasteiger partial charge in [0.2, 0.25) is 0 Å². The lowest BCUT2D eigenvalue weighted by Gasteiger charge is -2.21. The Bertz CT molecular complexity index is 574. The van der Waals surface area contributed by atoms with Gasteiger partial charge >= 0.3 is 0 Å². The molecule has 0 spiro atoms. The summed E-state index contributed by atoms with van der Waals surface area (Å²) >= 11 is 0. The molecule has 1 unspecified atom stereocenters. The Morgan fingerprint density at radius 1 is 1.39 bits per heavy atom. The lowest BCUT2D eigenvalue weighted by molar-refractivity contribution is 0.0939. The van der Waals surface area contributed by atoms with Crippen molar-refractivity contribution in [2.24, 2.45) is 0 Å². The number of carbonyl (C=O) groups is 1. The molecule has 1 amide bonds. The van der Waals surface area contributed by atoms with Gasteiger partial charge in [-0.25, -0.2) is 0 Å². The van der Waals surface area contributed by atoms with Gasteiger partial charge in [-0.2, -0.15) is 0 Å². The van der Waals surface area contributed by atoms with Crippen molar-refractivity contribution in [2.75, 3.05) is 6.54 Å². The van der Waals surface area contributed by atoms with Crippen molar-refractivity contribution in [2.45, 2.75) is 19.3 Å². The normalized spacial score (nSPS) is 18.3. The zero-order valence-corrected chi connectivity index (χ0v) is 10.2. The molecule has 2 aromatic rings. The second-order valence-corrected chi connectivity index (χ2v) is 4.56. The first-order chi connectivity index (χ1) is 8.79. The van der Waals surface area contributed by atoms with Gasteiger partial charge in [-0.05, 0) is 24.6 Å². The third-order valence-corrected chi connectivity index (χ3v) is 3.49. The Kier molecular flexibility index (Phi) is 2.63. The molecule has 0 bridgehead atoms. The third-order valence-electron chi connectivity index (χ3n) is 3.49. The molecule has 0 fully saturated rings. The van der Waals surface area contributed by atoms with Crippen molar-refractivity contribution in [3.05, 3.63) is 41.9 Å². The van der Waals surface area contributed by atoms with Gasteiger partial charge in [0.25, 0.3) is 5.91 Å². The van der Waals surface area contributed by atoms with Crippen LogP contribution in [0.5, 0.6) is 0 Å². The van der Waals surface area contributed by atoms with E-state index in [1.165, 1.54) is 0 Å². The molecule has 92 valence electrons. The van der Waals surface area contributed by atoms with E-state index >= 15 is 0 Å². The first kappa shape index (κ1) is 11.0. The molecule has 1 aliphatic rings. The van der Waals surface area contributed by atoms with Crippen LogP contribution in [0.4, 0.5) is 0 Å². The standard InChI is InChI=1S/C14H15N3O/c1-2-9-8-16-14(18)11-7-12(17-13(9)11)10-3-5-15-6-4-10/h3-7,9,17H,2,8H2,1H3,(H,16,18). The number of rotatable bonds is 2. The van der Waals surface area contributed by atoms with Crippen LogP contribution in [0.25, 0.3) is 11.3 Å².